The monoisotopic (exact) mass is 346 g/mol. The molecular weight excluding hydrogens is 332 g/mol. The van der Waals surface area contributed by atoms with Crippen molar-refractivity contribution in [1.82, 2.24) is 5.32 Å². The Hall–Kier alpha value is -0.160. The molecule has 0 bridgehead atoms. The molecule has 0 saturated heterocycles. The first-order chi connectivity index (χ1) is 7.54. The van der Waals surface area contributed by atoms with Crippen molar-refractivity contribution in [1.29, 1.82) is 0 Å². The molecule has 1 aromatic carbocycles. The molecule has 0 aliphatic rings. The van der Waals surface area contributed by atoms with Gasteiger partial charge < -0.3 is 11.1 Å². The van der Waals surface area contributed by atoms with E-state index in [0.717, 1.165) is 21.1 Å². The van der Waals surface area contributed by atoms with Crippen LogP contribution in [0.15, 0.2) is 39.3 Å². The van der Waals surface area contributed by atoms with Crippen LogP contribution in [0.1, 0.15) is 18.5 Å². The van der Waals surface area contributed by atoms with Gasteiger partial charge in [-0.1, -0.05) is 18.2 Å². The lowest BCUT2D eigenvalue weighted by Gasteiger charge is -2.18. The largest absolute Gasteiger partial charge is 0.329 e. The van der Waals surface area contributed by atoms with Gasteiger partial charge in [0.15, 0.2) is 0 Å². The average Bonchev–Trinajstić information content (AvgIpc) is 2.23. The third kappa shape index (κ3) is 4.01. The van der Waals surface area contributed by atoms with Crippen molar-refractivity contribution >= 4 is 31.9 Å². The first-order valence-electron chi connectivity index (χ1n) is 5.07. The molecule has 4 heteroatoms. The Morgan fingerprint density at radius 3 is 2.62 bits per heavy atom. The molecule has 0 amide bonds. The first kappa shape index (κ1) is 13.9. The topological polar surface area (TPSA) is 38.0 Å². The molecule has 0 saturated carbocycles. The molecule has 0 aliphatic heterocycles. The van der Waals surface area contributed by atoms with E-state index in [9.17, 15) is 0 Å². The Balaban J connectivity index is 2.78. The van der Waals surface area contributed by atoms with Crippen LogP contribution in [-0.2, 0) is 0 Å². The Morgan fingerprint density at radius 2 is 2.12 bits per heavy atom. The van der Waals surface area contributed by atoms with Gasteiger partial charge in [0.05, 0.1) is 0 Å². The Bertz CT molecular complexity index is 377. The third-order valence-corrected chi connectivity index (χ3v) is 4.11. The van der Waals surface area contributed by atoms with Crippen LogP contribution in [0.25, 0.3) is 0 Å². The summed E-state index contributed by atoms with van der Waals surface area (Å²) in [5.74, 6) is 0. The van der Waals surface area contributed by atoms with E-state index in [-0.39, 0.29) is 6.04 Å². The molecule has 1 unspecified atom stereocenters. The van der Waals surface area contributed by atoms with Gasteiger partial charge in [-0.15, -0.1) is 0 Å². The van der Waals surface area contributed by atoms with Gasteiger partial charge in [0.2, 0.25) is 0 Å². The van der Waals surface area contributed by atoms with Crippen LogP contribution in [0, 0.1) is 0 Å². The number of benzene rings is 1. The molecule has 1 rings (SSSR count). The molecule has 1 aromatic rings. The zero-order valence-electron chi connectivity index (χ0n) is 9.26. The number of hydrogen-bond acceptors (Lipinski definition) is 2. The minimum absolute atomic E-state index is 0.168. The predicted molar refractivity (Wildman–Crippen MR) is 76.5 cm³/mol. The number of rotatable bonds is 5. The van der Waals surface area contributed by atoms with Crippen LogP contribution >= 0.6 is 31.9 Å². The van der Waals surface area contributed by atoms with Crippen molar-refractivity contribution in [2.45, 2.75) is 13.0 Å². The lowest BCUT2D eigenvalue weighted by molar-refractivity contribution is 0.569. The quantitative estimate of drug-likeness (QED) is 0.801. The van der Waals surface area contributed by atoms with E-state index in [1.807, 2.05) is 13.0 Å². The highest BCUT2D eigenvalue weighted by Crippen LogP contribution is 2.26. The SMILES string of the molecule is C=C(C)CNC(CN)c1ccc(Br)c(Br)c1. The van der Waals surface area contributed by atoms with E-state index < -0.39 is 0 Å². The van der Waals surface area contributed by atoms with Crippen molar-refractivity contribution in [3.63, 3.8) is 0 Å². The van der Waals surface area contributed by atoms with Crippen LogP contribution in [0.4, 0.5) is 0 Å². The van der Waals surface area contributed by atoms with Crippen LogP contribution in [0.3, 0.4) is 0 Å². The summed E-state index contributed by atoms with van der Waals surface area (Å²) in [7, 11) is 0. The van der Waals surface area contributed by atoms with Crippen LogP contribution < -0.4 is 11.1 Å². The molecular formula is C12H16Br2N2. The van der Waals surface area contributed by atoms with Gasteiger partial charge in [0.1, 0.15) is 0 Å². The van der Waals surface area contributed by atoms with Crippen LogP contribution in [0.2, 0.25) is 0 Å². The lowest BCUT2D eigenvalue weighted by Crippen LogP contribution is -2.29. The molecule has 0 radical (unpaired) electrons. The Labute approximate surface area is 114 Å². The summed E-state index contributed by atoms with van der Waals surface area (Å²) in [4.78, 5) is 0. The molecule has 0 heterocycles. The van der Waals surface area contributed by atoms with Crippen molar-refractivity contribution < 1.29 is 0 Å². The van der Waals surface area contributed by atoms with E-state index in [1.54, 1.807) is 0 Å². The second-order valence-electron chi connectivity index (χ2n) is 3.80. The molecule has 88 valence electrons. The fourth-order valence-electron chi connectivity index (χ4n) is 1.36. The van der Waals surface area contributed by atoms with Gasteiger partial charge in [0.25, 0.3) is 0 Å². The maximum absolute atomic E-state index is 5.76. The van der Waals surface area contributed by atoms with Gasteiger partial charge >= 0.3 is 0 Å². The lowest BCUT2D eigenvalue weighted by atomic mass is 10.1. The summed E-state index contributed by atoms with van der Waals surface area (Å²) in [5.41, 5.74) is 8.05. The number of nitrogens with one attached hydrogen (secondary N) is 1. The molecule has 0 aromatic heterocycles. The van der Waals surface area contributed by atoms with Crippen LogP contribution in [-0.4, -0.2) is 13.1 Å². The number of halogens is 2. The van der Waals surface area contributed by atoms with Gasteiger partial charge in [0, 0.05) is 28.1 Å². The van der Waals surface area contributed by atoms with E-state index in [4.69, 9.17) is 5.73 Å². The van der Waals surface area contributed by atoms with E-state index in [0.29, 0.717) is 6.54 Å². The number of nitrogens with two attached hydrogens (primary N) is 1. The van der Waals surface area contributed by atoms with E-state index in [1.165, 1.54) is 5.56 Å². The van der Waals surface area contributed by atoms with Crippen LogP contribution in [0.5, 0.6) is 0 Å². The standard InChI is InChI=1S/C12H16Br2N2/c1-8(2)7-16-12(6-15)9-3-4-10(13)11(14)5-9/h3-5,12,16H,1,6-7,15H2,2H3. The van der Waals surface area contributed by atoms with Crippen molar-refractivity contribution in [2.24, 2.45) is 5.73 Å². The zero-order chi connectivity index (χ0) is 12.1. The molecule has 16 heavy (non-hydrogen) atoms. The summed E-state index contributed by atoms with van der Waals surface area (Å²) in [5, 5.41) is 3.37. The smallest absolute Gasteiger partial charge is 0.0447 e. The summed E-state index contributed by atoms with van der Waals surface area (Å²) in [6.45, 7) is 7.22. The van der Waals surface area contributed by atoms with Crippen molar-refractivity contribution in [3.05, 3.63) is 44.9 Å². The second kappa shape index (κ2) is 6.55. The second-order valence-corrected chi connectivity index (χ2v) is 5.51. The molecule has 0 spiro atoms. The summed E-state index contributed by atoms with van der Waals surface area (Å²) in [6, 6.07) is 6.33. The summed E-state index contributed by atoms with van der Waals surface area (Å²) in [6.07, 6.45) is 0. The minimum atomic E-state index is 0.168. The van der Waals surface area contributed by atoms with Crippen molar-refractivity contribution in [2.75, 3.05) is 13.1 Å². The maximum atomic E-state index is 5.76. The molecule has 1 atom stereocenters. The molecule has 2 nitrogen and oxygen atoms in total. The van der Waals surface area contributed by atoms with Gasteiger partial charge in [-0.25, -0.2) is 0 Å². The highest BCUT2D eigenvalue weighted by Gasteiger charge is 2.09. The highest BCUT2D eigenvalue weighted by atomic mass is 79.9. The third-order valence-electron chi connectivity index (χ3n) is 2.23. The van der Waals surface area contributed by atoms with Gasteiger partial charge in [-0.2, -0.15) is 0 Å². The Morgan fingerprint density at radius 1 is 1.44 bits per heavy atom. The normalized spacial score (nSPS) is 12.5. The minimum Gasteiger partial charge on any atom is -0.329 e. The number of hydrogen-bond donors (Lipinski definition) is 2. The highest BCUT2D eigenvalue weighted by molar-refractivity contribution is 9.13. The molecule has 0 fully saturated rings. The average molecular weight is 348 g/mol. The molecule has 3 N–H and O–H groups in total. The van der Waals surface area contributed by atoms with E-state index >= 15 is 0 Å². The first-order valence-corrected chi connectivity index (χ1v) is 6.66. The van der Waals surface area contributed by atoms with Gasteiger partial charge in [-0.05, 0) is 56.5 Å². The summed E-state index contributed by atoms with van der Waals surface area (Å²) >= 11 is 6.94. The maximum Gasteiger partial charge on any atom is 0.0447 e. The van der Waals surface area contributed by atoms with E-state index in [2.05, 4.69) is 55.9 Å². The summed E-state index contributed by atoms with van der Waals surface area (Å²) < 4.78 is 2.09. The van der Waals surface area contributed by atoms with Crippen molar-refractivity contribution in [3.8, 4) is 0 Å². The fraction of sp³-hybridized carbons (Fsp3) is 0.333. The fourth-order valence-corrected chi connectivity index (χ4v) is 2.01. The predicted octanol–water partition coefficient (Wildman–Crippen LogP) is 3.38. The molecule has 0 aliphatic carbocycles. The Kier molecular flexibility index (Phi) is 5.69. The van der Waals surface area contributed by atoms with Gasteiger partial charge in [-0.3, -0.25) is 0 Å². The zero-order valence-corrected chi connectivity index (χ0v) is 12.4.